The van der Waals surface area contributed by atoms with E-state index in [4.69, 9.17) is 30.6 Å². The Bertz CT molecular complexity index is 1950. The van der Waals surface area contributed by atoms with E-state index in [9.17, 15) is 26.4 Å². The quantitative estimate of drug-likeness (QED) is 0.110. The van der Waals surface area contributed by atoms with Crippen LogP contribution in [0.2, 0.25) is 0 Å². The highest BCUT2D eigenvalue weighted by molar-refractivity contribution is 7.89. The molecule has 2 aliphatic heterocycles. The van der Waals surface area contributed by atoms with E-state index in [1.807, 2.05) is 27.7 Å². The van der Waals surface area contributed by atoms with Crippen LogP contribution in [0.25, 0.3) is 0 Å². The molecule has 53 heavy (non-hydrogen) atoms. The lowest BCUT2D eigenvalue weighted by Crippen LogP contribution is -2.43. The van der Waals surface area contributed by atoms with E-state index in [0.717, 1.165) is 12.8 Å². The molecule has 2 aromatic carbocycles. The van der Waals surface area contributed by atoms with E-state index < -0.39 is 45.6 Å². The van der Waals surface area contributed by atoms with E-state index in [1.165, 1.54) is 20.7 Å². The maximum atomic E-state index is 14.1. The van der Waals surface area contributed by atoms with Crippen molar-refractivity contribution in [3.05, 3.63) is 64.2 Å². The maximum Gasteiger partial charge on any atom is 0.322 e. The summed E-state index contributed by atoms with van der Waals surface area (Å²) >= 11 is 0. The van der Waals surface area contributed by atoms with Gasteiger partial charge in [-0.05, 0) is 60.3 Å². The Labute approximate surface area is 310 Å². The summed E-state index contributed by atoms with van der Waals surface area (Å²) in [6, 6.07) is 9.42. The number of piperidine rings is 2. The molecular formula is C35H48N6O10S2. The van der Waals surface area contributed by atoms with Crippen LogP contribution in [0.15, 0.2) is 51.6 Å². The zero-order valence-corrected chi connectivity index (χ0v) is 32.0. The van der Waals surface area contributed by atoms with Crippen molar-refractivity contribution in [1.29, 1.82) is 0 Å². The second-order valence-corrected chi connectivity index (χ2v) is 18.1. The number of nitrogens with two attached hydrogens (primary N) is 2. The minimum Gasteiger partial charge on any atom is -0.425 e. The molecule has 4 N–H and O–H groups in total. The Morgan fingerprint density at radius 1 is 0.679 bits per heavy atom. The van der Waals surface area contributed by atoms with Crippen LogP contribution in [0.1, 0.15) is 68.4 Å². The summed E-state index contributed by atoms with van der Waals surface area (Å²) in [4.78, 5) is 34.1. The van der Waals surface area contributed by atoms with Crippen LogP contribution in [0.4, 0.5) is 0 Å². The number of hydrogen-bond acceptors (Lipinski definition) is 14. The van der Waals surface area contributed by atoms with Gasteiger partial charge in [-0.1, -0.05) is 56.2 Å². The largest absolute Gasteiger partial charge is 0.425 e. The number of sulfonamides is 2. The van der Waals surface area contributed by atoms with Crippen molar-refractivity contribution in [2.24, 2.45) is 45.5 Å². The molecular weight excluding hydrogens is 729 g/mol. The van der Waals surface area contributed by atoms with Crippen molar-refractivity contribution < 1.29 is 45.6 Å². The predicted octanol–water partition coefficient (Wildman–Crippen LogP) is 1.93. The number of carbonyl (C=O) groups excluding carboxylic acids is 2. The highest BCUT2D eigenvalue weighted by atomic mass is 32.2. The molecule has 0 radical (unpaired) electrons. The van der Waals surface area contributed by atoms with Crippen LogP contribution < -0.4 is 11.5 Å². The van der Waals surface area contributed by atoms with Gasteiger partial charge in [-0.25, -0.2) is 21.1 Å². The lowest BCUT2D eigenvalue weighted by molar-refractivity contribution is -0.155. The van der Waals surface area contributed by atoms with Crippen molar-refractivity contribution in [1.82, 2.24) is 8.61 Å². The van der Waals surface area contributed by atoms with Gasteiger partial charge < -0.3 is 30.6 Å². The average molecular weight is 777 g/mol. The molecule has 4 unspecified atom stereocenters. The Morgan fingerprint density at radius 3 is 1.64 bits per heavy atom. The number of nitrogens with zero attached hydrogens (tertiary/aromatic N) is 4. The van der Waals surface area contributed by atoms with Gasteiger partial charge in [0.2, 0.25) is 20.0 Å². The first-order valence-corrected chi connectivity index (χ1v) is 20.6. The molecule has 2 heterocycles. The lowest BCUT2D eigenvalue weighted by Gasteiger charge is -2.34. The first-order valence-electron chi connectivity index (χ1n) is 17.5. The maximum absolute atomic E-state index is 14.1. The standard InChI is InChI=1S/C35H48N6O10S2/c1-22-9-23(2)16-40(15-22)52(44,45)19-26-5-7-28-30(11-26)35(39-51-21-49-33(43)14-37)31-12-27(53(46,47)41-17-24(3)10-25(4)18-41)6-8-29(31)34(28)38-50-20-48-32(42)13-36/h5-8,11-12,22-25H,9-10,13-21,36-37H2,1-4H3/b38-34-,39-35+. The number of carbonyl (C=O) groups is 2. The third-order valence-corrected chi connectivity index (χ3v) is 12.9. The van der Waals surface area contributed by atoms with Crippen molar-refractivity contribution >= 4 is 43.4 Å². The molecule has 0 aromatic heterocycles. The molecule has 2 aromatic rings. The summed E-state index contributed by atoms with van der Waals surface area (Å²) in [5.41, 5.74) is 12.9. The van der Waals surface area contributed by atoms with Gasteiger partial charge in [0, 0.05) is 48.4 Å². The van der Waals surface area contributed by atoms with Gasteiger partial charge in [-0.15, -0.1) is 0 Å². The van der Waals surface area contributed by atoms with Crippen LogP contribution in [-0.2, 0) is 54.5 Å². The monoisotopic (exact) mass is 776 g/mol. The fourth-order valence-corrected chi connectivity index (χ4v) is 10.7. The van der Waals surface area contributed by atoms with Crippen LogP contribution in [0.3, 0.4) is 0 Å². The molecule has 2 fully saturated rings. The fourth-order valence-electron chi connectivity index (χ4n) is 7.23. The second kappa shape index (κ2) is 17.0. The molecule has 2 saturated heterocycles. The summed E-state index contributed by atoms with van der Waals surface area (Å²) in [5.74, 6) is -1.01. The summed E-state index contributed by atoms with van der Waals surface area (Å²) in [6.07, 6.45) is 1.85. The number of fused-ring (bicyclic) bond motifs is 2. The van der Waals surface area contributed by atoms with E-state index >= 15 is 0 Å². The van der Waals surface area contributed by atoms with Crippen molar-refractivity contribution in [3.8, 4) is 0 Å². The molecule has 5 rings (SSSR count). The fraction of sp³-hybridized carbons (Fsp3) is 0.543. The number of ether oxygens (including phenoxy) is 2. The van der Waals surface area contributed by atoms with E-state index in [0.29, 0.717) is 48.4 Å². The smallest absolute Gasteiger partial charge is 0.322 e. The summed E-state index contributed by atoms with van der Waals surface area (Å²) in [6.45, 7) is 7.75. The molecule has 3 aliphatic rings. The van der Waals surface area contributed by atoms with Gasteiger partial charge >= 0.3 is 11.9 Å². The highest BCUT2D eigenvalue weighted by Crippen LogP contribution is 2.34. The van der Waals surface area contributed by atoms with Crippen molar-refractivity contribution in [2.75, 3.05) is 52.9 Å². The van der Waals surface area contributed by atoms with Crippen LogP contribution in [-0.4, -0.2) is 102 Å². The number of rotatable bonds is 13. The van der Waals surface area contributed by atoms with E-state index in [2.05, 4.69) is 10.3 Å². The van der Waals surface area contributed by atoms with Crippen LogP contribution in [0.5, 0.6) is 0 Å². The predicted molar refractivity (Wildman–Crippen MR) is 195 cm³/mol. The van der Waals surface area contributed by atoms with Crippen LogP contribution >= 0.6 is 0 Å². The summed E-state index contributed by atoms with van der Waals surface area (Å²) in [7, 11) is -7.71. The molecule has 1 aliphatic carbocycles. The van der Waals surface area contributed by atoms with E-state index in [-0.39, 0.29) is 64.4 Å². The topological polar surface area (TPSA) is 223 Å². The highest BCUT2D eigenvalue weighted by Gasteiger charge is 2.36. The Kier molecular flexibility index (Phi) is 12.9. The SMILES string of the molecule is CC1CC(C)CN(S(=O)(=O)Cc2ccc3c(c2)/C(=N\OCOC(=O)CN)c2cc(S(=O)(=O)N4CC(C)CC(C)C4)ccc2/C3=N\OCOC(=O)CN)C1. The lowest BCUT2D eigenvalue weighted by atomic mass is 9.82. The summed E-state index contributed by atoms with van der Waals surface area (Å²) < 4.78 is 68.5. The third kappa shape index (κ3) is 9.60. The zero-order valence-electron chi connectivity index (χ0n) is 30.4. The minimum atomic E-state index is -3.98. The molecule has 16 nitrogen and oxygen atoms in total. The Hall–Kier alpha value is -3.94. The van der Waals surface area contributed by atoms with Crippen LogP contribution in [0, 0.1) is 23.7 Å². The first kappa shape index (κ1) is 40.2. The van der Waals surface area contributed by atoms with Gasteiger partial charge in [0.25, 0.3) is 13.6 Å². The molecule has 0 saturated carbocycles. The van der Waals surface area contributed by atoms with E-state index in [1.54, 1.807) is 24.3 Å². The molecule has 290 valence electrons. The van der Waals surface area contributed by atoms with Gasteiger partial charge in [-0.2, -0.15) is 4.31 Å². The number of esters is 2. The van der Waals surface area contributed by atoms with Crippen molar-refractivity contribution in [3.63, 3.8) is 0 Å². The molecule has 18 heteroatoms. The number of hydrogen-bond donors (Lipinski definition) is 2. The normalized spacial score (nSPS) is 24.0. The van der Waals surface area contributed by atoms with Crippen molar-refractivity contribution in [2.45, 2.75) is 51.2 Å². The summed E-state index contributed by atoms with van der Waals surface area (Å²) in [5, 5.41) is 8.56. The van der Waals surface area contributed by atoms with Gasteiger partial charge in [0.1, 0.15) is 11.4 Å². The Balaban J connectivity index is 1.62. The number of benzene rings is 2. The van der Waals surface area contributed by atoms with Gasteiger partial charge in [0.15, 0.2) is 0 Å². The van der Waals surface area contributed by atoms with Gasteiger partial charge in [-0.3, -0.25) is 9.59 Å². The number of oxime groups is 2. The molecule has 0 spiro atoms. The molecule has 0 bridgehead atoms. The molecule has 0 amide bonds. The average Bonchev–Trinajstić information content (AvgIpc) is 3.10. The minimum absolute atomic E-state index is 0.00697. The Morgan fingerprint density at radius 2 is 1.13 bits per heavy atom. The van der Waals surface area contributed by atoms with Gasteiger partial charge in [0.05, 0.1) is 23.7 Å². The second-order valence-electron chi connectivity index (χ2n) is 14.2. The first-order chi connectivity index (χ1) is 25.1. The third-order valence-electron chi connectivity index (χ3n) is 9.34. The molecule has 4 atom stereocenters. The zero-order chi connectivity index (χ0) is 38.5.